The van der Waals surface area contributed by atoms with Crippen LogP contribution < -0.4 is 15.0 Å². The number of halogens is 5. The van der Waals surface area contributed by atoms with Crippen molar-refractivity contribution in [1.29, 1.82) is 0 Å². The molecule has 2 aromatic rings. The molecule has 1 aliphatic heterocycles. The fourth-order valence-corrected chi connectivity index (χ4v) is 2.82. The topological polar surface area (TPSA) is 58.6 Å². The van der Waals surface area contributed by atoms with E-state index < -0.39 is 59.0 Å². The van der Waals surface area contributed by atoms with Gasteiger partial charge in [0.25, 0.3) is 5.91 Å². The van der Waals surface area contributed by atoms with Crippen molar-refractivity contribution in [3.05, 3.63) is 58.9 Å². The van der Waals surface area contributed by atoms with E-state index in [1.54, 1.807) is 12.1 Å². The number of benzene rings is 2. The first kappa shape index (κ1) is 19.6. The van der Waals surface area contributed by atoms with Crippen LogP contribution in [-0.4, -0.2) is 31.5 Å². The number of hydrogen-bond acceptors (Lipinski definition) is 3. The molecule has 148 valence electrons. The molecular weight excluding hydrogens is 387 g/mol. The first-order valence-electron chi connectivity index (χ1n) is 8.04. The molecule has 5 nitrogen and oxygen atoms in total. The van der Waals surface area contributed by atoms with Crippen LogP contribution in [0.15, 0.2) is 24.3 Å². The van der Waals surface area contributed by atoms with E-state index in [0.717, 1.165) is 4.90 Å². The minimum Gasteiger partial charge on any atom is -0.477 e. The smallest absolute Gasteiger partial charge is 0.262 e. The number of nitrogens with zero attached hydrogens (tertiary/aromatic N) is 1. The molecule has 1 aliphatic rings. The van der Waals surface area contributed by atoms with Gasteiger partial charge in [-0.2, -0.15) is 0 Å². The lowest BCUT2D eigenvalue weighted by Crippen LogP contribution is -2.50. The number of rotatable bonds is 3. The van der Waals surface area contributed by atoms with Crippen LogP contribution in [0.2, 0.25) is 0 Å². The molecule has 0 aromatic heterocycles. The number of ether oxygens (including phenoxy) is 1. The summed E-state index contributed by atoms with van der Waals surface area (Å²) in [4.78, 5) is 25.6. The van der Waals surface area contributed by atoms with Gasteiger partial charge in [-0.15, -0.1) is 0 Å². The third-order valence-corrected chi connectivity index (χ3v) is 4.24. The molecule has 1 N–H and O–H groups in total. The predicted molar refractivity (Wildman–Crippen MR) is 87.2 cm³/mol. The summed E-state index contributed by atoms with van der Waals surface area (Å²) in [6.07, 6.45) is -2.21. The lowest BCUT2D eigenvalue weighted by atomic mass is 10.1. The highest BCUT2D eigenvalue weighted by molar-refractivity contribution is 5.98. The van der Waals surface area contributed by atoms with Gasteiger partial charge in [-0.3, -0.25) is 9.59 Å². The van der Waals surface area contributed by atoms with E-state index >= 15 is 0 Å². The van der Waals surface area contributed by atoms with Gasteiger partial charge in [-0.25, -0.2) is 22.0 Å². The van der Waals surface area contributed by atoms with Crippen molar-refractivity contribution in [2.45, 2.75) is 12.5 Å². The quantitative estimate of drug-likeness (QED) is 0.489. The number of carbonyl (C=O) groups is 2. The molecule has 0 saturated carbocycles. The highest BCUT2D eigenvalue weighted by Crippen LogP contribution is 2.34. The number of hydrogen-bond donors (Lipinski definition) is 1. The Kier molecular flexibility index (Phi) is 5.21. The van der Waals surface area contributed by atoms with Crippen LogP contribution in [0.1, 0.15) is 5.56 Å². The molecule has 0 radical (unpaired) electrons. The van der Waals surface area contributed by atoms with Crippen molar-refractivity contribution in [1.82, 2.24) is 5.32 Å². The van der Waals surface area contributed by atoms with E-state index in [0.29, 0.717) is 0 Å². The number of anilines is 1. The number of carbonyl (C=O) groups excluding carboxylic acids is 2. The van der Waals surface area contributed by atoms with Crippen LogP contribution in [0.25, 0.3) is 0 Å². The number of fused-ring (bicyclic) bond motifs is 1. The summed E-state index contributed by atoms with van der Waals surface area (Å²) in [6.45, 7) is -0.301. The second-order valence-corrected chi connectivity index (χ2v) is 5.92. The maximum Gasteiger partial charge on any atom is 0.262 e. The van der Waals surface area contributed by atoms with Gasteiger partial charge in [0, 0.05) is 12.6 Å². The van der Waals surface area contributed by atoms with Gasteiger partial charge in [0.05, 0.1) is 18.7 Å². The SMILES string of the molecule is CNC(=O)[C@H]1CN(C(=O)Cc2c(F)c(F)c(F)c(F)c2F)c2ccccc2O1. The molecule has 0 bridgehead atoms. The summed E-state index contributed by atoms with van der Waals surface area (Å²) in [6, 6.07) is 6.08. The average Bonchev–Trinajstić information content (AvgIpc) is 2.72. The largest absolute Gasteiger partial charge is 0.477 e. The van der Waals surface area contributed by atoms with Gasteiger partial charge in [0.2, 0.25) is 11.7 Å². The normalized spacial score (nSPS) is 15.6. The Morgan fingerprint density at radius 3 is 2.21 bits per heavy atom. The minimum absolute atomic E-state index is 0.160. The number of likely N-dealkylation sites (N-methyl/N-ethyl adjacent to an activating group) is 1. The molecule has 0 aliphatic carbocycles. The Bertz CT molecular complexity index is 937. The first-order chi connectivity index (χ1) is 13.3. The second kappa shape index (κ2) is 7.45. The van der Waals surface area contributed by atoms with E-state index in [-0.39, 0.29) is 18.0 Å². The summed E-state index contributed by atoms with van der Waals surface area (Å²) >= 11 is 0. The fourth-order valence-electron chi connectivity index (χ4n) is 2.82. The van der Waals surface area contributed by atoms with Gasteiger partial charge >= 0.3 is 0 Å². The number of amides is 2. The lowest BCUT2D eigenvalue weighted by Gasteiger charge is -2.34. The molecule has 3 rings (SSSR count). The van der Waals surface area contributed by atoms with E-state index in [4.69, 9.17) is 4.74 Å². The Hall–Kier alpha value is -3.17. The summed E-state index contributed by atoms with van der Waals surface area (Å²) in [5.74, 6) is -12.1. The molecule has 2 amide bonds. The van der Waals surface area contributed by atoms with Crippen LogP contribution >= 0.6 is 0 Å². The van der Waals surface area contributed by atoms with Gasteiger partial charge in [-0.05, 0) is 12.1 Å². The van der Waals surface area contributed by atoms with Crippen LogP contribution in [0.4, 0.5) is 27.6 Å². The van der Waals surface area contributed by atoms with Gasteiger partial charge in [0.15, 0.2) is 29.4 Å². The monoisotopic (exact) mass is 400 g/mol. The van der Waals surface area contributed by atoms with E-state index in [9.17, 15) is 31.5 Å². The first-order valence-corrected chi connectivity index (χ1v) is 8.04. The molecule has 0 saturated heterocycles. The summed E-state index contributed by atoms with van der Waals surface area (Å²) in [5, 5.41) is 2.35. The van der Waals surface area contributed by atoms with E-state index in [1.165, 1.54) is 19.2 Å². The molecule has 1 atom stereocenters. The van der Waals surface area contributed by atoms with Crippen molar-refractivity contribution in [2.75, 3.05) is 18.5 Å². The zero-order chi connectivity index (χ0) is 20.6. The summed E-state index contributed by atoms with van der Waals surface area (Å²) in [5.41, 5.74) is -1.04. The predicted octanol–water partition coefficient (Wildman–Crippen LogP) is 2.46. The maximum absolute atomic E-state index is 13.9. The van der Waals surface area contributed by atoms with E-state index in [2.05, 4.69) is 5.32 Å². The van der Waals surface area contributed by atoms with Crippen molar-refractivity contribution in [3.8, 4) is 5.75 Å². The van der Waals surface area contributed by atoms with E-state index in [1.807, 2.05) is 0 Å². The van der Waals surface area contributed by atoms with Crippen LogP contribution in [0.5, 0.6) is 5.75 Å². The molecule has 28 heavy (non-hydrogen) atoms. The molecule has 0 spiro atoms. The van der Waals surface area contributed by atoms with Crippen LogP contribution in [0.3, 0.4) is 0 Å². The van der Waals surface area contributed by atoms with Crippen molar-refractivity contribution in [2.24, 2.45) is 0 Å². The molecular formula is C18H13F5N2O3. The third-order valence-electron chi connectivity index (χ3n) is 4.24. The highest BCUT2D eigenvalue weighted by atomic mass is 19.2. The zero-order valence-electron chi connectivity index (χ0n) is 14.4. The minimum atomic E-state index is -2.30. The van der Waals surface area contributed by atoms with Gasteiger partial charge in [-0.1, -0.05) is 12.1 Å². The molecule has 0 fully saturated rings. The maximum atomic E-state index is 13.9. The number of nitrogens with one attached hydrogen (secondary N) is 1. The molecule has 2 aromatic carbocycles. The Morgan fingerprint density at radius 1 is 1.04 bits per heavy atom. The number of para-hydroxylation sites is 2. The highest BCUT2D eigenvalue weighted by Gasteiger charge is 2.35. The Labute approximate surface area is 155 Å². The summed E-state index contributed by atoms with van der Waals surface area (Å²) < 4.78 is 73.3. The fraction of sp³-hybridized carbons (Fsp3) is 0.222. The molecule has 0 unspecified atom stereocenters. The Morgan fingerprint density at radius 2 is 1.61 bits per heavy atom. The van der Waals surface area contributed by atoms with Gasteiger partial charge in [0.1, 0.15) is 5.75 Å². The third kappa shape index (κ3) is 3.25. The zero-order valence-corrected chi connectivity index (χ0v) is 14.4. The summed E-state index contributed by atoms with van der Waals surface area (Å²) in [7, 11) is 1.35. The van der Waals surface area contributed by atoms with Crippen molar-refractivity contribution < 1.29 is 36.3 Å². The lowest BCUT2D eigenvalue weighted by molar-refractivity contribution is -0.127. The standard InChI is InChI=1S/C18H13F5N2O3/c1-24-18(27)11-7-25(9-4-2-3-5-10(9)28-11)12(26)6-8-13(19)15(21)17(23)16(22)14(8)20/h2-5,11H,6-7H2,1H3,(H,24,27)/t11-/m1/s1. The van der Waals surface area contributed by atoms with Crippen molar-refractivity contribution in [3.63, 3.8) is 0 Å². The van der Waals surface area contributed by atoms with Crippen molar-refractivity contribution >= 4 is 17.5 Å². The second-order valence-electron chi connectivity index (χ2n) is 5.92. The Balaban J connectivity index is 1.98. The molecule has 1 heterocycles. The van der Waals surface area contributed by atoms with Crippen LogP contribution in [-0.2, 0) is 16.0 Å². The molecule has 10 heteroatoms. The van der Waals surface area contributed by atoms with Crippen LogP contribution in [0, 0.1) is 29.1 Å². The average molecular weight is 400 g/mol. The van der Waals surface area contributed by atoms with Gasteiger partial charge < -0.3 is 15.0 Å².